The van der Waals surface area contributed by atoms with Gasteiger partial charge in [-0.15, -0.1) is 0 Å². The molecule has 2 amide bonds. The highest BCUT2D eigenvalue weighted by Gasteiger charge is 2.39. The molecule has 4 N–H and O–H groups in total. The summed E-state index contributed by atoms with van der Waals surface area (Å²) in [6.45, 7) is 8.74. The minimum Gasteiger partial charge on any atom is -0.489 e. The zero-order chi connectivity index (χ0) is 27.3. The highest BCUT2D eigenvalue weighted by molar-refractivity contribution is 5.95. The second-order valence-electron chi connectivity index (χ2n) is 11.4. The van der Waals surface area contributed by atoms with Crippen LogP contribution in [0.25, 0.3) is 10.9 Å². The second kappa shape index (κ2) is 11.5. The van der Waals surface area contributed by atoms with Crippen LogP contribution in [0.2, 0.25) is 0 Å². The maximum atomic E-state index is 13.2. The van der Waals surface area contributed by atoms with E-state index in [-0.39, 0.29) is 17.9 Å². The van der Waals surface area contributed by atoms with Crippen LogP contribution in [-0.2, 0) is 11.4 Å². The van der Waals surface area contributed by atoms with Gasteiger partial charge in [-0.3, -0.25) is 19.8 Å². The Morgan fingerprint density at radius 2 is 1.76 bits per heavy atom. The van der Waals surface area contributed by atoms with E-state index in [9.17, 15) is 9.59 Å². The number of benzene rings is 2. The van der Waals surface area contributed by atoms with E-state index in [0.717, 1.165) is 35.0 Å². The minimum atomic E-state index is -0.713. The van der Waals surface area contributed by atoms with Gasteiger partial charge in [-0.25, -0.2) is 5.48 Å². The van der Waals surface area contributed by atoms with Crippen LogP contribution in [0.15, 0.2) is 54.6 Å². The van der Waals surface area contributed by atoms with Crippen LogP contribution in [0, 0.1) is 6.92 Å². The average molecular weight is 519 g/mol. The Kier molecular flexibility index (Phi) is 8.33. The Bertz CT molecular complexity index is 1280. The quantitative estimate of drug-likeness (QED) is 0.251. The van der Waals surface area contributed by atoms with Gasteiger partial charge >= 0.3 is 0 Å². The first-order valence-corrected chi connectivity index (χ1v) is 13.2. The zero-order valence-corrected chi connectivity index (χ0v) is 22.6. The van der Waals surface area contributed by atoms with Gasteiger partial charge in [0, 0.05) is 39.3 Å². The third-order valence-electron chi connectivity index (χ3n) is 7.02. The lowest BCUT2D eigenvalue weighted by Crippen LogP contribution is -2.56. The van der Waals surface area contributed by atoms with Crippen LogP contribution in [0.1, 0.15) is 74.5 Å². The van der Waals surface area contributed by atoms with Gasteiger partial charge in [-0.1, -0.05) is 18.2 Å². The van der Waals surface area contributed by atoms with Crippen molar-refractivity contribution in [1.29, 1.82) is 0 Å². The predicted octanol–water partition coefficient (Wildman–Crippen LogP) is 4.82. The van der Waals surface area contributed by atoms with E-state index in [2.05, 4.69) is 36.4 Å². The molecule has 1 saturated carbocycles. The fourth-order valence-electron chi connectivity index (χ4n) is 5.31. The molecule has 1 fully saturated rings. The highest BCUT2D eigenvalue weighted by Crippen LogP contribution is 2.33. The van der Waals surface area contributed by atoms with Crippen LogP contribution < -0.4 is 20.9 Å². The fourth-order valence-corrected chi connectivity index (χ4v) is 5.31. The fraction of sp³-hybridized carbons (Fsp3) is 0.433. The van der Waals surface area contributed by atoms with Crippen molar-refractivity contribution in [3.8, 4) is 5.75 Å². The molecule has 38 heavy (non-hydrogen) atoms. The van der Waals surface area contributed by atoms with Crippen molar-refractivity contribution in [2.45, 2.75) is 83.5 Å². The lowest BCUT2D eigenvalue weighted by molar-refractivity contribution is -0.131. The number of nitrogens with one attached hydrogen (secondary N) is 3. The summed E-state index contributed by atoms with van der Waals surface area (Å²) in [5.74, 6) is -0.0985. The van der Waals surface area contributed by atoms with Crippen LogP contribution >= 0.6 is 0 Å². The lowest BCUT2D eigenvalue weighted by atomic mass is 9.76. The Hall–Kier alpha value is -3.49. The molecule has 4 rings (SSSR count). The van der Waals surface area contributed by atoms with E-state index in [1.807, 2.05) is 37.3 Å². The summed E-state index contributed by atoms with van der Waals surface area (Å²) in [5.41, 5.74) is 4.41. The third kappa shape index (κ3) is 7.08. The number of aryl methyl sites for hydroxylation is 1. The molecule has 1 heterocycles. The number of amides is 2. The molecule has 2 aromatic carbocycles. The van der Waals surface area contributed by atoms with Crippen molar-refractivity contribution < 1.29 is 19.5 Å². The number of pyridine rings is 1. The van der Waals surface area contributed by atoms with Gasteiger partial charge in [-0.05, 0) is 89.8 Å². The number of carbonyl (C=O) groups excluding carboxylic acids is 2. The molecule has 0 atom stereocenters. The van der Waals surface area contributed by atoms with Gasteiger partial charge in [0.2, 0.25) is 5.91 Å². The monoisotopic (exact) mass is 518 g/mol. The molecule has 0 spiro atoms. The van der Waals surface area contributed by atoms with Crippen LogP contribution in [0.3, 0.4) is 0 Å². The first-order chi connectivity index (χ1) is 18.1. The SMILES string of the molecule is Cc1cc(COc2ccc(C(=O)NC3(CC(=O)NO)CCC(NC(C)(C)C)CC3)cc2)c2ccccc2n1. The minimum absolute atomic E-state index is 0.0104. The summed E-state index contributed by atoms with van der Waals surface area (Å²) in [6, 6.07) is 17.3. The van der Waals surface area contributed by atoms with E-state index in [1.165, 1.54) is 0 Å². The summed E-state index contributed by atoms with van der Waals surface area (Å²) in [7, 11) is 0. The van der Waals surface area contributed by atoms with Crippen LogP contribution in [0.5, 0.6) is 5.75 Å². The predicted molar refractivity (Wildman–Crippen MR) is 147 cm³/mol. The molecule has 1 aliphatic rings. The molecule has 0 aliphatic heterocycles. The summed E-state index contributed by atoms with van der Waals surface area (Å²) in [5, 5.41) is 16.9. The lowest BCUT2D eigenvalue weighted by Gasteiger charge is -2.42. The van der Waals surface area contributed by atoms with Gasteiger partial charge in [-0.2, -0.15) is 0 Å². The molecule has 0 unspecified atom stereocenters. The molecule has 1 aromatic heterocycles. The number of fused-ring (bicyclic) bond motifs is 1. The van der Waals surface area contributed by atoms with E-state index in [0.29, 0.717) is 36.8 Å². The number of ether oxygens (including phenoxy) is 1. The largest absolute Gasteiger partial charge is 0.489 e. The first-order valence-electron chi connectivity index (χ1n) is 13.2. The number of para-hydroxylation sites is 1. The number of aromatic nitrogens is 1. The Labute approximate surface area is 224 Å². The first kappa shape index (κ1) is 27.5. The summed E-state index contributed by atoms with van der Waals surface area (Å²) < 4.78 is 6.03. The maximum absolute atomic E-state index is 13.2. The smallest absolute Gasteiger partial charge is 0.251 e. The number of nitrogens with zero attached hydrogens (tertiary/aromatic N) is 1. The molecule has 202 valence electrons. The molecule has 0 radical (unpaired) electrons. The second-order valence-corrected chi connectivity index (χ2v) is 11.4. The third-order valence-corrected chi connectivity index (χ3v) is 7.02. The highest BCUT2D eigenvalue weighted by atomic mass is 16.5. The molecular weight excluding hydrogens is 480 g/mol. The Balaban J connectivity index is 1.41. The summed E-state index contributed by atoms with van der Waals surface area (Å²) >= 11 is 0. The van der Waals surface area contributed by atoms with E-state index < -0.39 is 11.4 Å². The van der Waals surface area contributed by atoms with Gasteiger partial charge in [0.1, 0.15) is 12.4 Å². The van der Waals surface area contributed by atoms with Crippen molar-refractivity contribution in [3.63, 3.8) is 0 Å². The molecule has 0 bridgehead atoms. The van der Waals surface area contributed by atoms with E-state index in [4.69, 9.17) is 9.94 Å². The van der Waals surface area contributed by atoms with E-state index >= 15 is 0 Å². The zero-order valence-electron chi connectivity index (χ0n) is 22.6. The summed E-state index contributed by atoms with van der Waals surface area (Å²) in [6.07, 6.45) is 2.96. The van der Waals surface area contributed by atoms with Crippen molar-refractivity contribution in [3.05, 3.63) is 71.4 Å². The number of hydrogen-bond donors (Lipinski definition) is 4. The van der Waals surface area contributed by atoms with Crippen molar-refractivity contribution in [2.75, 3.05) is 0 Å². The number of hydroxylamine groups is 1. The summed E-state index contributed by atoms with van der Waals surface area (Å²) in [4.78, 5) is 29.9. The normalized spacial score (nSPS) is 19.7. The Morgan fingerprint density at radius 3 is 2.42 bits per heavy atom. The Morgan fingerprint density at radius 1 is 1.08 bits per heavy atom. The van der Waals surface area contributed by atoms with Crippen LogP contribution in [0.4, 0.5) is 0 Å². The van der Waals surface area contributed by atoms with Gasteiger partial charge < -0.3 is 15.4 Å². The van der Waals surface area contributed by atoms with E-state index in [1.54, 1.807) is 29.7 Å². The maximum Gasteiger partial charge on any atom is 0.251 e. The van der Waals surface area contributed by atoms with Gasteiger partial charge in [0.25, 0.3) is 5.91 Å². The molecule has 8 nitrogen and oxygen atoms in total. The molecule has 0 saturated heterocycles. The average Bonchev–Trinajstić information content (AvgIpc) is 2.88. The van der Waals surface area contributed by atoms with Crippen molar-refractivity contribution in [2.24, 2.45) is 0 Å². The standard InChI is InChI=1S/C30H38N4O4/c1-20-17-22(25-7-5-6-8-26(25)31-20)19-38-24-11-9-21(10-12-24)28(36)33-30(18-27(35)34-37)15-13-23(14-16-30)32-29(2,3)4/h5-12,17,23,32,37H,13-16,18-19H2,1-4H3,(H,33,36)(H,34,35). The molecule has 3 aromatic rings. The molecule has 1 aliphatic carbocycles. The van der Waals surface area contributed by atoms with Gasteiger partial charge in [0.05, 0.1) is 11.9 Å². The molecule has 8 heteroatoms. The van der Waals surface area contributed by atoms with Gasteiger partial charge in [0.15, 0.2) is 0 Å². The van der Waals surface area contributed by atoms with Crippen LogP contribution in [-0.4, -0.2) is 39.1 Å². The number of rotatable bonds is 8. The topological polar surface area (TPSA) is 113 Å². The van der Waals surface area contributed by atoms with Crippen molar-refractivity contribution >= 4 is 22.7 Å². The molecular formula is C30H38N4O4. The number of carbonyl (C=O) groups is 2. The number of hydrogen-bond acceptors (Lipinski definition) is 6. The van der Waals surface area contributed by atoms with Crippen molar-refractivity contribution in [1.82, 2.24) is 21.1 Å².